The molecule has 4 rings (SSSR count). The van der Waals surface area contributed by atoms with Crippen LogP contribution in [0.4, 0.5) is 18.9 Å². The van der Waals surface area contributed by atoms with E-state index in [0.29, 0.717) is 6.54 Å². The molecule has 4 N–H and O–H groups in total. The number of aromatic nitrogens is 2. The molecule has 0 spiro atoms. The molecule has 9 heteroatoms. The molecule has 0 aliphatic carbocycles. The molecular weight excluding hydrogens is 409 g/mol. The molecule has 2 aromatic carbocycles. The van der Waals surface area contributed by atoms with E-state index in [0.717, 1.165) is 16.6 Å². The van der Waals surface area contributed by atoms with Crippen molar-refractivity contribution in [2.45, 2.75) is 12.2 Å². The number of carbonyl (C=O) groups is 1. The molecule has 0 aliphatic rings. The zero-order valence-corrected chi connectivity index (χ0v) is 16.2. The molecule has 31 heavy (non-hydrogen) atoms. The summed E-state index contributed by atoms with van der Waals surface area (Å²) in [6.07, 6.45) is 0.261. The molecule has 2 aromatic heterocycles. The topological polar surface area (TPSA) is 101 Å². The predicted octanol–water partition coefficient (Wildman–Crippen LogP) is 4.53. The fraction of sp³-hybridized carbons (Fsp3) is 0.136. The van der Waals surface area contributed by atoms with Gasteiger partial charge in [-0.2, -0.15) is 13.2 Å². The summed E-state index contributed by atoms with van der Waals surface area (Å²) in [6.45, 7) is 0.507. The van der Waals surface area contributed by atoms with Gasteiger partial charge in [-0.15, -0.1) is 0 Å². The average molecular weight is 428 g/mol. The highest BCUT2D eigenvalue weighted by Crippen LogP contribution is 2.27. The Morgan fingerprint density at radius 3 is 2.45 bits per heavy atom. The van der Waals surface area contributed by atoms with Gasteiger partial charge >= 0.3 is 12.1 Å². The standard InChI is InChI=1S/C20H18N4.C2HF3O2/c21-12-19(16-6-5-14-3-1-2-4-15(14)11-16)24-18-8-10-23-20-13-22-9-7-17(18)20;3-2(4,5)1(6)7/h1-11,13,19H,12,21H2,(H,23,24);(H,6,7). The fourth-order valence-electron chi connectivity index (χ4n) is 3.02. The van der Waals surface area contributed by atoms with E-state index in [2.05, 4.69) is 57.7 Å². The number of carboxylic acids is 1. The lowest BCUT2D eigenvalue weighted by atomic mass is 10.0. The van der Waals surface area contributed by atoms with E-state index >= 15 is 0 Å². The minimum Gasteiger partial charge on any atom is -0.475 e. The molecule has 0 saturated heterocycles. The first kappa shape index (κ1) is 22.0. The molecule has 0 fully saturated rings. The van der Waals surface area contributed by atoms with Crippen molar-refractivity contribution >= 4 is 33.3 Å². The Morgan fingerprint density at radius 1 is 1.06 bits per heavy atom. The van der Waals surface area contributed by atoms with Gasteiger partial charge in [0, 0.05) is 30.0 Å². The number of carboxylic acid groups (broad SMARTS) is 1. The van der Waals surface area contributed by atoms with Crippen molar-refractivity contribution in [3.05, 3.63) is 78.8 Å². The van der Waals surface area contributed by atoms with Crippen molar-refractivity contribution in [3.63, 3.8) is 0 Å². The lowest BCUT2D eigenvalue weighted by Crippen LogP contribution is -2.21. The summed E-state index contributed by atoms with van der Waals surface area (Å²) in [6, 6.07) is 18.8. The number of halogens is 3. The normalized spacial score (nSPS) is 12.1. The SMILES string of the molecule is NCC(Nc1ccnc2cnccc12)c1ccc2ccccc2c1.O=C(O)C(F)(F)F. The number of aliphatic carboxylic acids is 1. The first-order valence-corrected chi connectivity index (χ1v) is 9.23. The largest absolute Gasteiger partial charge is 0.490 e. The molecule has 1 unspecified atom stereocenters. The van der Waals surface area contributed by atoms with Crippen molar-refractivity contribution in [2.24, 2.45) is 5.73 Å². The molecule has 0 radical (unpaired) electrons. The van der Waals surface area contributed by atoms with E-state index in [9.17, 15) is 13.2 Å². The summed E-state index contributed by atoms with van der Waals surface area (Å²) in [5.74, 6) is -2.76. The van der Waals surface area contributed by atoms with Crippen LogP contribution in [0, 0.1) is 0 Å². The minimum atomic E-state index is -5.08. The van der Waals surface area contributed by atoms with E-state index in [1.165, 1.54) is 16.3 Å². The minimum absolute atomic E-state index is 0.0355. The number of rotatable bonds is 4. The Hall–Kier alpha value is -3.72. The second kappa shape index (κ2) is 9.40. The van der Waals surface area contributed by atoms with Gasteiger partial charge in [0.1, 0.15) is 0 Å². The van der Waals surface area contributed by atoms with Crippen LogP contribution in [-0.4, -0.2) is 33.8 Å². The highest BCUT2D eigenvalue weighted by Gasteiger charge is 2.38. The van der Waals surface area contributed by atoms with Crippen LogP contribution in [0.1, 0.15) is 11.6 Å². The molecule has 0 amide bonds. The zero-order chi connectivity index (χ0) is 22.4. The summed E-state index contributed by atoms with van der Waals surface area (Å²) in [5.41, 5.74) is 9.12. The fourth-order valence-corrected chi connectivity index (χ4v) is 3.02. The van der Waals surface area contributed by atoms with E-state index in [-0.39, 0.29) is 6.04 Å². The molecule has 1 atom stereocenters. The van der Waals surface area contributed by atoms with Crippen LogP contribution in [0.25, 0.3) is 21.7 Å². The monoisotopic (exact) mass is 428 g/mol. The molecule has 2 heterocycles. The second-order valence-electron chi connectivity index (χ2n) is 6.59. The summed E-state index contributed by atoms with van der Waals surface area (Å²) in [7, 11) is 0. The number of nitrogens with two attached hydrogens (primary N) is 1. The lowest BCUT2D eigenvalue weighted by Gasteiger charge is -2.20. The first-order valence-electron chi connectivity index (χ1n) is 9.23. The van der Waals surface area contributed by atoms with Gasteiger partial charge in [-0.1, -0.05) is 36.4 Å². The summed E-state index contributed by atoms with van der Waals surface area (Å²) >= 11 is 0. The third kappa shape index (κ3) is 5.46. The Bertz CT molecular complexity index is 1190. The number of fused-ring (bicyclic) bond motifs is 2. The number of nitrogens with one attached hydrogen (secondary N) is 1. The lowest BCUT2D eigenvalue weighted by molar-refractivity contribution is -0.192. The summed E-state index contributed by atoms with van der Waals surface area (Å²) in [5, 5.41) is 14.2. The average Bonchev–Trinajstić information content (AvgIpc) is 2.77. The van der Waals surface area contributed by atoms with Crippen molar-refractivity contribution in [1.82, 2.24) is 9.97 Å². The van der Waals surface area contributed by atoms with Gasteiger partial charge in [0.25, 0.3) is 0 Å². The molecule has 0 saturated carbocycles. The van der Waals surface area contributed by atoms with Gasteiger partial charge < -0.3 is 16.2 Å². The number of benzene rings is 2. The smallest absolute Gasteiger partial charge is 0.475 e. The van der Waals surface area contributed by atoms with Crippen LogP contribution in [0.2, 0.25) is 0 Å². The number of nitrogens with zero attached hydrogens (tertiary/aromatic N) is 2. The molecule has 4 aromatic rings. The van der Waals surface area contributed by atoms with Gasteiger partial charge in [0.15, 0.2) is 0 Å². The maximum Gasteiger partial charge on any atom is 0.490 e. The van der Waals surface area contributed by atoms with Gasteiger partial charge in [-0.3, -0.25) is 9.97 Å². The van der Waals surface area contributed by atoms with Crippen molar-refractivity contribution in [1.29, 1.82) is 0 Å². The van der Waals surface area contributed by atoms with Gasteiger partial charge in [0.05, 0.1) is 17.8 Å². The van der Waals surface area contributed by atoms with Crippen molar-refractivity contribution in [3.8, 4) is 0 Å². The molecule has 0 aliphatic heterocycles. The van der Waals surface area contributed by atoms with E-state index in [1.807, 2.05) is 12.1 Å². The maximum atomic E-state index is 10.6. The number of hydrogen-bond donors (Lipinski definition) is 3. The Morgan fingerprint density at radius 2 is 1.77 bits per heavy atom. The Labute approximate surface area is 175 Å². The Kier molecular flexibility index (Phi) is 6.66. The third-order valence-electron chi connectivity index (χ3n) is 4.53. The van der Waals surface area contributed by atoms with Crippen LogP contribution in [0.15, 0.2) is 73.2 Å². The third-order valence-corrected chi connectivity index (χ3v) is 4.53. The zero-order valence-electron chi connectivity index (χ0n) is 16.2. The van der Waals surface area contributed by atoms with Crippen molar-refractivity contribution in [2.75, 3.05) is 11.9 Å². The number of pyridine rings is 2. The predicted molar refractivity (Wildman–Crippen MR) is 113 cm³/mol. The van der Waals surface area contributed by atoms with E-state index in [4.69, 9.17) is 15.6 Å². The summed E-state index contributed by atoms with van der Waals surface area (Å²) in [4.78, 5) is 17.4. The molecule has 0 bridgehead atoms. The molecule has 160 valence electrons. The highest BCUT2D eigenvalue weighted by molar-refractivity contribution is 5.90. The van der Waals surface area contributed by atoms with Gasteiger partial charge in [-0.05, 0) is 34.5 Å². The number of alkyl halides is 3. The van der Waals surface area contributed by atoms with Crippen LogP contribution < -0.4 is 11.1 Å². The van der Waals surface area contributed by atoms with E-state index in [1.54, 1.807) is 18.6 Å². The van der Waals surface area contributed by atoms with Crippen molar-refractivity contribution < 1.29 is 23.1 Å². The van der Waals surface area contributed by atoms with Crippen LogP contribution in [0.3, 0.4) is 0 Å². The van der Waals surface area contributed by atoms with Crippen LogP contribution in [-0.2, 0) is 4.79 Å². The quantitative estimate of drug-likeness (QED) is 0.442. The maximum absolute atomic E-state index is 10.6. The van der Waals surface area contributed by atoms with E-state index < -0.39 is 12.1 Å². The first-order chi connectivity index (χ1) is 14.8. The summed E-state index contributed by atoms with van der Waals surface area (Å²) < 4.78 is 31.7. The highest BCUT2D eigenvalue weighted by atomic mass is 19.4. The molecule has 6 nitrogen and oxygen atoms in total. The van der Waals surface area contributed by atoms with Gasteiger partial charge in [0.2, 0.25) is 0 Å². The number of hydrogen-bond acceptors (Lipinski definition) is 5. The second-order valence-corrected chi connectivity index (χ2v) is 6.59. The van der Waals surface area contributed by atoms with Crippen LogP contribution >= 0.6 is 0 Å². The van der Waals surface area contributed by atoms with Crippen LogP contribution in [0.5, 0.6) is 0 Å². The van der Waals surface area contributed by atoms with Gasteiger partial charge in [-0.25, -0.2) is 4.79 Å². The Balaban J connectivity index is 0.000000339. The molecular formula is C22H19F3N4O2. The number of anilines is 1.